The summed E-state index contributed by atoms with van der Waals surface area (Å²) in [6.07, 6.45) is 5.44. The second kappa shape index (κ2) is 8.70. The molecule has 0 spiro atoms. The molecule has 1 aliphatic carbocycles. The summed E-state index contributed by atoms with van der Waals surface area (Å²) in [6, 6.07) is 7.26. The van der Waals surface area contributed by atoms with E-state index in [9.17, 15) is 9.59 Å². The van der Waals surface area contributed by atoms with E-state index in [0.717, 1.165) is 48.6 Å². The molecule has 3 aliphatic rings. The summed E-state index contributed by atoms with van der Waals surface area (Å²) in [7, 11) is 0. The molecule has 2 saturated heterocycles. The van der Waals surface area contributed by atoms with Crippen LogP contribution in [0.5, 0.6) is 0 Å². The molecule has 3 amide bonds. The molecule has 164 valence electrons. The highest BCUT2D eigenvalue weighted by Crippen LogP contribution is 2.36. The Morgan fingerprint density at radius 3 is 2.65 bits per heavy atom. The van der Waals surface area contributed by atoms with E-state index < -0.39 is 0 Å². The van der Waals surface area contributed by atoms with E-state index in [-0.39, 0.29) is 36.5 Å². The third-order valence-electron chi connectivity index (χ3n) is 6.48. The molecule has 1 saturated carbocycles. The van der Waals surface area contributed by atoms with Crippen LogP contribution in [0.1, 0.15) is 44.4 Å². The molecule has 2 aliphatic heterocycles. The molecular weight excluding hydrogens is 464 g/mol. The molecule has 0 radical (unpaired) electrons. The van der Waals surface area contributed by atoms with Crippen molar-refractivity contribution in [1.29, 1.82) is 0 Å². The van der Waals surface area contributed by atoms with Crippen molar-refractivity contribution in [3.8, 4) is 11.4 Å². The van der Waals surface area contributed by atoms with Gasteiger partial charge in [-0.15, -0.1) is 0 Å². The molecule has 0 bridgehead atoms. The van der Waals surface area contributed by atoms with Crippen molar-refractivity contribution in [3.05, 3.63) is 34.6 Å². The van der Waals surface area contributed by atoms with Gasteiger partial charge in [-0.25, -0.2) is 4.79 Å². The van der Waals surface area contributed by atoms with Crippen LogP contribution < -0.4 is 0 Å². The van der Waals surface area contributed by atoms with Gasteiger partial charge in [-0.05, 0) is 49.9 Å². The minimum Gasteiger partial charge on any atom is -0.376 e. The standard InChI is InChI=1S/C22H25BrN4O4/c23-15-9-7-14(8-10-15)20-24-19(31-25-20)13-26-18-6-2-1-5-17(18)21(28)27(22(26)29)12-16-4-3-11-30-16/h7-10,16-18H,1-6,11-13H2. The number of halogens is 1. The highest BCUT2D eigenvalue weighted by atomic mass is 79.9. The Morgan fingerprint density at radius 1 is 1.06 bits per heavy atom. The molecule has 1 aromatic heterocycles. The third kappa shape index (κ3) is 4.13. The second-order valence-corrected chi connectivity index (χ2v) is 9.39. The van der Waals surface area contributed by atoms with E-state index in [1.54, 1.807) is 4.90 Å². The maximum absolute atomic E-state index is 13.4. The van der Waals surface area contributed by atoms with Crippen LogP contribution in [0.3, 0.4) is 0 Å². The monoisotopic (exact) mass is 488 g/mol. The van der Waals surface area contributed by atoms with Gasteiger partial charge in [-0.1, -0.05) is 33.9 Å². The lowest BCUT2D eigenvalue weighted by molar-refractivity contribution is -0.142. The number of hydrogen-bond acceptors (Lipinski definition) is 6. The Labute approximate surface area is 189 Å². The minimum absolute atomic E-state index is 0.0532. The molecule has 3 atom stereocenters. The largest absolute Gasteiger partial charge is 0.376 e. The average molecular weight is 489 g/mol. The Kier molecular flexibility index (Phi) is 5.79. The summed E-state index contributed by atoms with van der Waals surface area (Å²) in [5.41, 5.74) is 0.842. The Hall–Kier alpha value is -2.26. The molecule has 8 nitrogen and oxygen atoms in total. The van der Waals surface area contributed by atoms with Crippen LogP contribution in [0.25, 0.3) is 11.4 Å². The topological polar surface area (TPSA) is 88.8 Å². The number of fused-ring (bicyclic) bond motifs is 1. The number of imide groups is 1. The van der Waals surface area contributed by atoms with Crippen LogP contribution in [0.2, 0.25) is 0 Å². The summed E-state index contributed by atoms with van der Waals surface area (Å²) in [4.78, 5) is 34.2. The van der Waals surface area contributed by atoms with Gasteiger partial charge in [0.05, 0.1) is 18.6 Å². The number of carbonyl (C=O) groups excluding carboxylic acids is 2. The fraction of sp³-hybridized carbons (Fsp3) is 0.545. The first-order chi connectivity index (χ1) is 15.1. The van der Waals surface area contributed by atoms with Crippen molar-refractivity contribution < 1.29 is 18.8 Å². The van der Waals surface area contributed by atoms with Gasteiger partial charge in [0.15, 0.2) is 0 Å². The number of rotatable bonds is 5. The van der Waals surface area contributed by atoms with Crippen LogP contribution in [0.15, 0.2) is 33.3 Å². The van der Waals surface area contributed by atoms with Gasteiger partial charge in [0, 0.05) is 22.7 Å². The zero-order valence-corrected chi connectivity index (χ0v) is 18.8. The van der Waals surface area contributed by atoms with E-state index in [1.807, 2.05) is 24.3 Å². The van der Waals surface area contributed by atoms with Crippen LogP contribution in [0.4, 0.5) is 4.79 Å². The highest BCUT2D eigenvalue weighted by molar-refractivity contribution is 9.10. The van der Waals surface area contributed by atoms with Gasteiger partial charge >= 0.3 is 6.03 Å². The summed E-state index contributed by atoms with van der Waals surface area (Å²) >= 11 is 3.42. The van der Waals surface area contributed by atoms with Crippen molar-refractivity contribution in [3.63, 3.8) is 0 Å². The SMILES string of the molecule is O=C1C2CCCCC2N(Cc2nc(-c3ccc(Br)cc3)no2)C(=O)N1CC1CCCO1. The summed E-state index contributed by atoms with van der Waals surface area (Å²) < 4.78 is 12.1. The van der Waals surface area contributed by atoms with Gasteiger partial charge in [-0.3, -0.25) is 9.69 Å². The Bertz CT molecular complexity index is 957. The predicted octanol–water partition coefficient (Wildman–Crippen LogP) is 4.00. The van der Waals surface area contributed by atoms with E-state index in [2.05, 4.69) is 26.1 Å². The zero-order chi connectivity index (χ0) is 21.4. The fourth-order valence-electron chi connectivity index (χ4n) is 4.89. The van der Waals surface area contributed by atoms with Crippen molar-refractivity contribution in [1.82, 2.24) is 19.9 Å². The molecule has 9 heteroatoms. The number of nitrogens with zero attached hydrogens (tertiary/aromatic N) is 4. The molecule has 3 heterocycles. The van der Waals surface area contributed by atoms with E-state index in [4.69, 9.17) is 9.26 Å². The number of amides is 3. The molecule has 2 aromatic rings. The van der Waals surface area contributed by atoms with E-state index in [1.165, 1.54) is 4.90 Å². The number of aromatic nitrogens is 2. The van der Waals surface area contributed by atoms with Gasteiger partial charge in [0.1, 0.15) is 6.54 Å². The number of hydrogen-bond donors (Lipinski definition) is 0. The van der Waals surface area contributed by atoms with Crippen molar-refractivity contribution in [2.75, 3.05) is 13.2 Å². The van der Waals surface area contributed by atoms with Gasteiger partial charge < -0.3 is 14.2 Å². The molecule has 3 unspecified atom stereocenters. The van der Waals surface area contributed by atoms with Gasteiger partial charge in [0.2, 0.25) is 17.6 Å². The first-order valence-electron chi connectivity index (χ1n) is 10.9. The van der Waals surface area contributed by atoms with Crippen LogP contribution in [-0.4, -0.2) is 57.2 Å². The lowest BCUT2D eigenvalue weighted by Crippen LogP contribution is -2.63. The molecule has 1 aromatic carbocycles. The number of benzene rings is 1. The molecule has 0 N–H and O–H groups in total. The second-order valence-electron chi connectivity index (χ2n) is 8.47. The predicted molar refractivity (Wildman–Crippen MR) is 115 cm³/mol. The average Bonchev–Trinajstić information content (AvgIpc) is 3.47. The molecule has 31 heavy (non-hydrogen) atoms. The van der Waals surface area contributed by atoms with Crippen LogP contribution in [-0.2, 0) is 16.1 Å². The van der Waals surface area contributed by atoms with Crippen LogP contribution >= 0.6 is 15.9 Å². The highest BCUT2D eigenvalue weighted by Gasteiger charge is 2.48. The Balaban J connectivity index is 1.37. The number of carbonyl (C=O) groups is 2. The molecular formula is C22H25BrN4O4. The smallest absolute Gasteiger partial charge is 0.327 e. The summed E-state index contributed by atoms with van der Waals surface area (Å²) in [5, 5.41) is 4.09. The molecule has 5 rings (SSSR count). The van der Waals surface area contributed by atoms with Crippen molar-refractivity contribution in [2.24, 2.45) is 5.92 Å². The zero-order valence-electron chi connectivity index (χ0n) is 17.2. The normalized spacial score (nSPS) is 26.4. The van der Waals surface area contributed by atoms with Gasteiger partial charge in [0.25, 0.3) is 0 Å². The minimum atomic E-state index is -0.271. The quantitative estimate of drug-likeness (QED) is 0.631. The first kappa shape index (κ1) is 20.6. The molecule has 3 fully saturated rings. The Morgan fingerprint density at radius 2 is 1.87 bits per heavy atom. The number of ether oxygens (including phenoxy) is 1. The lowest BCUT2D eigenvalue weighted by Gasteiger charge is -2.46. The maximum Gasteiger partial charge on any atom is 0.327 e. The summed E-state index contributed by atoms with van der Waals surface area (Å²) in [5.74, 6) is 0.644. The van der Waals surface area contributed by atoms with Crippen molar-refractivity contribution in [2.45, 2.75) is 57.2 Å². The van der Waals surface area contributed by atoms with Gasteiger partial charge in [-0.2, -0.15) is 4.98 Å². The van der Waals surface area contributed by atoms with E-state index in [0.29, 0.717) is 24.9 Å². The third-order valence-corrected chi connectivity index (χ3v) is 7.00. The first-order valence-corrected chi connectivity index (χ1v) is 11.7. The van der Waals surface area contributed by atoms with Crippen molar-refractivity contribution >= 4 is 27.9 Å². The lowest BCUT2D eigenvalue weighted by atomic mass is 9.81. The van der Waals surface area contributed by atoms with E-state index >= 15 is 0 Å². The fourth-order valence-corrected chi connectivity index (χ4v) is 5.15. The maximum atomic E-state index is 13.4. The van der Waals surface area contributed by atoms with Crippen LogP contribution in [0, 0.1) is 5.92 Å². The number of urea groups is 1. The summed E-state index contributed by atoms with van der Waals surface area (Å²) in [6.45, 7) is 1.22.